The Bertz CT molecular complexity index is 759. The van der Waals surface area contributed by atoms with E-state index in [1.54, 1.807) is 6.92 Å². The van der Waals surface area contributed by atoms with E-state index < -0.39 is 33.9 Å². The molecule has 2 atom stereocenters. The third kappa shape index (κ3) is 3.85. The molecular formula is C15H19NO7S. The number of amides is 1. The number of benzene rings is 1. The summed E-state index contributed by atoms with van der Waals surface area (Å²) in [7, 11) is -2.13. The zero-order valence-electron chi connectivity index (χ0n) is 13.6. The van der Waals surface area contributed by atoms with Crippen LogP contribution in [0.3, 0.4) is 0 Å². The Kier molecular flexibility index (Phi) is 5.14. The lowest BCUT2D eigenvalue weighted by Gasteiger charge is -2.35. The number of carbonyl (C=O) groups excluding carboxylic acids is 1. The van der Waals surface area contributed by atoms with Crippen LogP contribution in [0, 0.1) is 0 Å². The highest BCUT2D eigenvalue weighted by Gasteiger charge is 2.34. The smallest absolute Gasteiger partial charge is 0.334 e. The Morgan fingerprint density at radius 2 is 2.00 bits per heavy atom. The van der Waals surface area contributed by atoms with E-state index in [4.69, 9.17) is 14.6 Å². The molecule has 1 aliphatic rings. The van der Waals surface area contributed by atoms with Crippen molar-refractivity contribution >= 4 is 21.7 Å². The van der Waals surface area contributed by atoms with Gasteiger partial charge in [-0.2, -0.15) is 0 Å². The van der Waals surface area contributed by atoms with Gasteiger partial charge >= 0.3 is 5.97 Å². The topological polar surface area (TPSA) is 110 Å². The van der Waals surface area contributed by atoms with E-state index in [9.17, 15) is 18.0 Å². The number of hydrogen-bond acceptors (Lipinski definition) is 6. The summed E-state index contributed by atoms with van der Waals surface area (Å²) in [6.45, 7) is 1.75. The minimum Gasteiger partial charge on any atom is -0.496 e. The number of rotatable bonds is 4. The van der Waals surface area contributed by atoms with Gasteiger partial charge in [-0.15, -0.1) is 0 Å². The average Bonchev–Trinajstić information content (AvgIpc) is 2.52. The van der Waals surface area contributed by atoms with Gasteiger partial charge < -0.3 is 19.5 Å². The molecule has 1 aliphatic heterocycles. The zero-order chi connectivity index (χ0) is 18.1. The predicted octanol–water partition coefficient (Wildman–Crippen LogP) is 0.413. The Hall–Kier alpha value is -2.13. The number of carbonyl (C=O) groups is 2. The Morgan fingerprint density at radius 1 is 1.33 bits per heavy atom. The summed E-state index contributed by atoms with van der Waals surface area (Å²) < 4.78 is 33.8. The molecule has 0 spiro atoms. The SMILES string of the molecule is COc1ccc(S(C)(=O)=O)cc1C(=O)N1CC(C(=O)O)O[C@H](C)C1. The molecule has 1 fully saturated rings. The predicted molar refractivity (Wildman–Crippen MR) is 84.0 cm³/mol. The first-order valence-corrected chi connectivity index (χ1v) is 9.08. The molecule has 1 N–H and O–H groups in total. The molecular weight excluding hydrogens is 338 g/mol. The molecule has 0 aromatic heterocycles. The highest BCUT2D eigenvalue weighted by molar-refractivity contribution is 7.90. The lowest BCUT2D eigenvalue weighted by molar-refractivity contribution is -0.160. The number of aliphatic carboxylic acids is 1. The molecule has 8 nitrogen and oxygen atoms in total. The summed E-state index contributed by atoms with van der Waals surface area (Å²) in [5.74, 6) is -1.44. The largest absolute Gasteiger partial charge is 0.496 e. The van der Waals surface area contributed by atoms with E-state index in [0.717, 1.165) is 6.26 Å². The molecule has 2 rings (SSSR count). The van der Waals surface area contributed by atoms with Gasteiger partial charge in [0.15, 0.2) is 15.9 Å². The maximum Gasteiger partial charge on any atom is 0.334 e. The van der Waals surface area contributed by atoms with Gasteiger partial charge in [0, 0.05) is 12.8 Å². The quantitative estimate of drug-likeness (QED) is 0.831. The normalized spacial score (nSPS) is 21.4. The van der Waals surface area contributed by atoms with Gasteiger partial charge in [0.1, 0.15) is 5.75 Å². The third-order valence-corrected chi connectivity index (χ3v) is 4.76. The fraction of sp³-hybridized carbons (Fsp3) is 0.467. The molecule has 1 aromatic carbocycles. The van der Waals surface area contributed by atoms with Crippen LogP contribution in [0.1, 0.15) is 17.3 Å². The minimum absolute atomic E-state index is 0.0113. The molecule has 0 bridgehead atoms. The van der Waals surface area contributed by atoms with Crippen LogP contribution in [-0.4, -0.2) is 69.0 Å². The lowest BCUT2D eigenvalue weighted by atomic mass is 10.1. The summed E-state index contributed by atoms with van der Waals surface area (Å²) in [6.07, 6.45) is -0.532. The number of methoxy groups -OCH3 is 1. The first-order chi connectivity index (χ1) is 11.1. The Morgan fingerprint density at radius 3 is 2.54 bits per heavy atom. The summed E-state index contributed by atoms with van der Waals surface area (Å²) >= 11 is 0. The van der Waals surface area contributed by atoms with Crippen LogP contribution < -0.4 is 4.74 Å². The van der Waals surface area contributed by atoms with Crippen LogP contribution in [0.2, 0.25) is 0 Å². The molecule has 1 heterocycles. The van der Waals surface area contributed by atoms with Gasteiger partial charge in [0.2, 0.25) is 0 Å². The van der Waals surface area contributed by atoms with Crippen molar-refractivity contribution in [3.63, 3.8) is 0 Å². The van der Waals surface area contributed by atoms with Crippen molar-refractivity contribution in [1.29, 1.82) is 0 Å². The minimum atomic E-state index is -3.49. The van der Waals surface area contributed by atoms with Crippen molar-refractivity contribution in [1.82, 2.24) is 4.90 Å². The number of carboxylic acid groups (broad SMARTS) is 1. The fourth-order valence-electron chi connectivity index (χ4n) is 2.51. The fourth-order valence-corrected chi connectivity index (χ4v) is 3.16. The maximum absolute atomic E-state index is 12.8. The Balaban J connectivity index is 2.39. The number of ether oxygens (including phenoxy) is 2. The highest BCUT2D eigenvalue weighted by Crippen LogP contribution is 2.25. The van der Waals surface area contributed by atoms with Gasteiger partial charge in [0.05, 0.1) is 30.2 Å². The maximum atomic E-state index is 12.8. The van der Waals surface area contributed by atoms with Crippen molar-refractivity contribution < 1.29 is 32.6 Å². The van der Waals surface area contributed by atoms with Crippen molar-refractivity contribution in [2.45, 2.75) is 24.0 Å². The molecule has 0 saturated carbocycles. The van der Waals surface area contributed by atoms with Crippen LogP contribution in [0.25, 0.3) is 0 Å². The molecule has 1 unspecified atom stereocenters. The summed E-state index contributed by atoms with van der Waals surface area (Å²) in [5.41, 5.74) is 0.0682. The van der Waals surface area contributed by atoms with Crippen LogP contribution in [0.15, 0.2) is 23.1 Å². The summed E-state index contributed by atoms with van der Waals surface area (Å²) in [4.78, 5) is 25.2. The van der Waals surface area contributed by atoms with Crippen LogP contribution in [0.4, 0.5) is 0 Å². The average molecular weight is 357 g/mol. The molecule has 0 aliphatic carbocycles. The standard InChI is InChI=1S/C15H19NO7S/c1-9-7-16(8-13(23-9)15(18)19)14(17)11-6-10(24(3,20)21)4-5-12(11)22-2/h4-6,9,13H,7-8H2,1-3H3,(H,18,19)/t9-,13?/m1/s1. The second kappa shape index (κ2) is 6.78. The first kappa shape index (κ1) is 18.2. The molecule has 1 aromatic rings. The summed E-state index contributed by atoms with van der Waals surface area (Å²) in [6, 6.07) is 4.00. The van der Waals surface area contributed by atoms with Crippen molar-refractivity contribution in [3.05, 3.63) is 23.8 Å². The van der Waals surface area contributed by atoms with E-state index in [-0.39, 0.29) is 29.3 Å². The van der Waals surface area contributed by atoms with E-state index in [2.05, 4.69) is 0 Å². The van der Waals surface area contributed by atoms with Crippen molar-refractivity contribution in [2.75, 3.05) is 26.5 Å². The van der Waals surface area contributed by atoms with E-state index in [1.807, 2.05) is 0 Å². The molecule has 24 heavy (non-hydrogen) atoms. The van der Waals surface area contributed by atoms with Gasteiger partial charge in [-0.05, 0) is 25.1 Å². The molecule has 9 heteroatoms. The van der Waals surface area contributed by atoms with Crippen LogP contribution in [0.5, 0.6) is 5.75 Å². The zero-order valence-corrected chi connectivity index (χ0v) is 14.4. The first-order valence-electron chi connectivity index (χ1n) is 7.19. The number of sulfone groups is 1. The van der Waals surface area contributed by atoms with Gasteiger partial charge in [-0.3, -0.25) is 4.79 Å². The molecule has 132 valence electrons. The number of hydrogen-bond donors (Lipinski definition) is 1. The highest BCUT2D eigenvalue weighted by atomic mass is 32.2. The van der Waals surface area contributed by atoms with Crippen LogP contribution >= 0.6 is 0 Å². The van der Waals surface area contributed by atoms with Crippen molar-refractivity contribution in [3.8, 4) is 5.75 Å². The van der Waals surface area contributed by atoms with Crippen LogP contribution in [-0.2, 0) is 19.4 Å². The van der Waals surface area contributed by atoms with E-state index in [0.29, 0.717) is 0 Å². The number of nitrogens with zero attached hydrogens (tertiary/aromatic N) is 1. The van der Waals surface area contributed by atoms with E-state index in [1.165, 1.54) is 30.2 Å². The second-order valence-electron chi connectivity index (χ2n) is 5.62. The monoisotopic (exact) mass is 357 g/mol. The van der Waals surface area contributed by atoms with Gasteiger partial charge in [0.25, 0.3) is 5.91 Å². The summed E-state index contributed by atoms with van der Waals surface area (Å²) in [5, 5.41) is 9.11. The van der Waals surface area contributed by atoms with Gasteiger partial charge in [-0.25, -0.2) is 13.2 Å². The third-order valence-electron chi connectivity index (χ3n) is 3.65. The molecule has 1 amide bonds. The van der Waals surface area contributed by atoms with E-state index >= 15 is 0 Å². The van der Waals surface area contributed by atoms with Gasteiger partial charge in [-0.1, -0.05) is 0 Å². The second-order valence-corrected chi connectivity index (χ2v) is 7.63. The lowest BCUT2D eigenvalue weighted by Crippen LogP contribution is -2.51. The number of morpholine rings is 1. The van der Waals surface area contributed by atoms with Crippen molar-refractivity contribution in [2.24, 2.45) is 0 Å². The number of carboxylic acids is 1. The Labute approximate surface area is 139 Å². The molecule has 0 radical (unpaired) electrons. The molecule has 1 saturated heterocycles.